The Labute approximate surface area is 122 Å². The zero-order valence-electron chi connectivity index (χ0n) is 12.5. The zero-order chi connectivity index (χ0) is 14.0. The van der Waals surface area contributed by atoms with Crippen molar-refractivity contribution in [2.75, 3.05) is 20.3 Å². The van der Waals surface area contributed by atoms with Gasteiger partial charge in [-0.15, -0.1) is 0 Å². The molecule has 3 heteroatoms. The highest BCUT2D eigenvalue weighted by Gasteiger charge is 2.21. The Morgan fingerprint density at radius 1 is 1.00 bits per heavy atom. The number of benzene rings is 1. The lowest BCUT2D eigenvalue weighted by atomic mass is 9.94. The molecule has 0 spiro atoms. The van der Waals surface area contributed by atoms with Gasteiger partial charge in [-0.1, -0.05) is 43.9 Å². The molecule has 2 unspecified atom stereocenters. The van der Waals surface area contributed by atoms with E-state index in [9.17, 15) is 0 Å². The molecule has 0 amide bonds. The second-order valence-electron chi connectivity index (χ2n) is 5.46. The van der Waals surface area contributed by atoms with Gasteiger partial charge in [0, 0.05) is 6.04 Å². The molecule has 1 aromatic rings. The van der Waals surface area contributed by atoms with E-state index in [2.05, 4.69) is 5.32 Å². The Balaban J connectivity index is 1.70. The van der Waals surface area contributed by atoms with E-state index in [4.69, 9.17) is 9.47 Å². The number of hydrogen-bond acceptors (Lipinski definition) is 3. The van der Waals surface area contributed by atoms with Gasteiger partial charge in [0.15, 0.2) is 0 Å². The van der Waals surface area contributed by atoms with E-state index in [0.717, 1.165) is 12.2 Å². The fourth-order valence-corrected chi connectivity index (χ4v) is 2.86. The summed E-state index contributed by atoms with van der Waals surface area (Å²) in [6.45, 7) is 1.29. The highest BCUT2D eigenvalue weighted by molar-refractivity contribution is 5.20. The molecule has 0 aromatic heterocycles. The summed E-state index contributed by atoms with van der Waals surface area (Å²) in [5, 5.41) is 3.41. The maximum atomic E-state index is 6.06. The minimum Gasteiger partial charge on any atom is -0.491 e. The first-order valence-electron chi connectivity index (χ1n) is 7.87. The number of rotatable bonds is 6. The lowest BCUT2D eigenvalue weighted by molar-refractivity contribution is 0.00153. The van der Waals surface area contributed by atoms with E-state index in [0.29, 0.717) is 25.4 Å². The van der Waals surface area contributed by atoms with Gasteiger partial charge in [0.05, 0.1) is 12.7 Å². The molecule has 3 nitrogen and oxygen atoms in total. The number of para-hydroxylation sites is 1. The number of hydrogen-bond donors (Lipinski definition) is 1. The smallest absolute Gasteiger partial charge is 0.119 e. The summed E-state index contributed by atoms with van der Waals surface area (Å²) in [5.74, 6) is 0.916. The molecule has 1 N–H and O–H groups in total. The summed E-state index contributed by atoms with van der Waals surface area (Å²) in [6, 6.07) is 10.4. The van der Waals surface area contributed by atoms with Gasteiger partial charge in [0.25, 0.3) is 0 Å². The molecule has 0 radical (unpaired) electrons. The Bertz CT molecular complexity index is 355. The third-order valence-electron chi connectivity index (χ3n) is 4.00. The van der Waals surface area contributed by atoms with Crippen molar-refractivity contribution in [2.24, 2.45) is 0 Å². The second kappa shape index (κ2) is 8.98. The van der Waals surface area contributed by atoms with Crippen LogP contribution in [0.25, 0.3) is 0 Å². The fourth-order valence-electron chi connectivity index (χ4n) is 2.86. The van der Waals surface area contributed by atoms with Crippen molar-refractivity contribution < 1.29 is 9.47 Å². The van der Waals surface area contributed by atoms with Gasteiger partial charge in [-0.3, -0.25) is 0 Å². The van der Waals surface area contributed by atoms with Crippen molar-refractivity contribution in [3.05, 3.63) is 30.3 Å². The molecule has 112 valence electrons. The number of ether oxygens (including phenoxy) is 2. The molecule has 20 heavy (non-hydrogen) atoms. The molecule has 0 saturated heterocycles. The standard InChI is InChI=1S/C17H27NO2/c1-18-16-11-7-2-3-8-12-17(16)20-14-13-19-15-9-5-4-6-10-15/h4-6,9-10,16-18H,2-3,7-8,11-14H2,1H3. The SMILES string of the molecule is CNC1CCCCCCC1OCCOc1ccccc1. The Morgan fingerprint density at radius 3 is 2.50 bits per heavy atom. The normalized spacial score (nSPS) is 23.9. The fraction of sp³-hybridized carbons (Fsp3) is 0.647. The van der Waals surface area contributed by atoms with Gasteiger partial charge in [0.2, 0.25) is 0 Å². The van der Waals surface area contributed by atoms with E-state index in [1.54, 1.807) is 0 Å². The van der Waals surface area contributed by atoms with E-state index in [1.165, 1.54) is 32.1 Å². The average molecular weight is 277 g/mol. The van der Waals surface area contributed by atoms with Crippen LogP contribution in [-0.4, -0.2) is 32.4 Å². The van der Waals surface area contributed by atoms with Crippen molar-refractivity contribution >= 4 is 0 Å². The molecular weight excluding hydrogens is 250 g/mol. The first-order chi connectivity index (χ1) is 9.90. The van der Waals surface area contributed by atoms with Gasteiger partial charge < -0.3 is 14.8 Å². The van der Waals surface area contributed by atoms with Crippen molar-refractivity contribution in [3.8, 4) is 5.75 Å². The highest BCUT2D eigenvalue weighted by Crippen LogP contribution is 2.20. The van der Waals surface area contributed by atoms with Gasteiger partial charge in [-0.05, 0) is 32.0 Å². The van der Waals surface area contributed by atoms with E-state index >= 15 is 0 Å². The van der Waals surface area contributed by atoms with Crippen LogP contribution in [0.3, 0.4) is 0 Å². The summed E-state index contributed by atoms with van der Waals surface area (Å²) < 4.78 is 11.7. The minimum atomic E-state index is 0.333. The van der Waals surface area contributed by atoms with Crippen molar-refractivity contribution in [2.45, 2.75) is 50.7 Å². The third kappa shape index (κ3) is 5.14. The largest absolute Gasteiger partial charge is 0.491 e. The molecule has 1 aliphatic rings. The Kier molecular flexibility index (Phi) is 6.89. The maximum Gasteiger partial charge on any atom is 0.119 e. The third-order valence-corrected chi connectivity index (χ3v) is 4.00. The van der Waals surface area contributed by atoms with Crippen LogP contribution >= 0.6 is 0 Å². The summed E-state index contributed by atoms with van der Waals surface area (Å²) in [7, 11) is 2.04. The molecule has 1 saturated carbocycles. The van der Waals surface area contributed by atoms with Crippen LogP contribution < -0.4 is 10.1 Å². The van der Waals surface area contributed by atoms with Crippen LogP contribution in [0.1, 0.15) is 38.5 Å². The summed E-state index contributed by atoms with van der Waals surface area (Å²) >= 11 is 0. The molecule has 1 aromatic carbocycles. The molecular formula is C17H27NO2. The zero-order valence-corrected chi connectivity index (χ0v) is 12.5. The van der Waals surface area contributed by atoms with Crippen LogP contribution in [0.4, 0.5) is 0 Å². The molecule has 0 heterocycles. The van der Waals surface area contributed by atoms with Crippen LogP contribution in [0.15, 0.2) is 30.3 Å². The number of nitrogens with one attached hydrogen (secondary N) is 1. The quantitative estimate of drug-likeness (QED) is 0.808. The van der Waals surface area contributed by atoms with Gasteiger partial charge >= 0.3 is 0 Å². The predicted octanol–water partition coefficient (Wildman–Crippen LogP) is 3.39. The van der Waals surface area contributed by atoms with Gasteiger partial charge in [-0.2, -0.15) is 0 Å². The van der Waals surface area contributed by atoms with Crippen molar-refractivity contribution in [3.63, 3.8) is 0 Å². The van der Waals surface area contributed by atoms with Crippen LogP contribution in [0.2, 0.25) is 0 Å². The Hall–Kier alpha value is -1.06. The first-order valence-corrected chi connectivity index (χ1v) is 7.87. The van der Waals surface area contributed by atoms with E-state index < -0.39 is 0 Å². The molecule has 0 bridgehead atoms. The molecule has 2 atom stereocenters. The van der Waals surface area contributed by atoms with Crippen LogP contribution in [0.5, 0.6) is 5.75 Å². The molecule has 0 aliphatic heterocycles. The lowest BCUT2D eigenvalue weighted by Crippen LogP contribution is -2.40. The van der Waals surface area contributed by atoms with E-state index in [1.807, 2.05) is 37.4 Å². The van der Waals surface area contributed by atoms with Crippen molar-refractivity contribution in [1.29, 1.82) is 0 Å². The molecule has 2 rings (SSSR count). The van der Waals surface area contributed by atoms with Crippen LogP contribution in [-0.2, 0) is 4.74 Å². The summed E-state index contributed by atoms with van der Waals surface area (Å²) in [4.78, 5) is 0. The molecule has 1 fully saturated rings. The molecule has 1 aliphatic carbocycles. The van der Waals surface area contributed by atoms with E-state index in [-0.39, 0.29) is 0 Å². The summed E-state index contributed by atoms with van der Waals surface area (Å²) in [5.41, 5.74) is 0. The van der Waals surface area contributed by atoms with Gasteiger partial charge in [-0.25, -0.2) is 0 Å². The topological polar surface area (TPSA) is 30.5 Å². The number of likely N-dealkylation sites (N-methyl/N-ethyl adjacent to an activating group) is 1. The second-order valence-corrected chi connectivity index (χ2v) is 5.46. The first kappa shape index (κ1) is 15.3. The highest BCUT2D eigenvalue weighted by atomic mass is 16.5. The van der Waals surface area contributed by atoms with Crippen molar-refractivity contribution in [1.82, 2.24) is 5.32 Å². The van der Waals surface area contributed by atoms with Gasteiger partial charge in [0.1, 0.15) is 12.4 Å². The Morgan fingerprint density at radius 2 is 1.75 bits per heavy atom. The maximum absolute atomic E-state index is 6.06. The van der Waals surface area contributed by atoms with Crippen LogP contribution in [0, 0.1) is 0 Å². The lowest BCUT2D eigenvalue weighted by Gasteiger charge is -2.29. The predicted molar refractivity (Wildman–Crippen MR) is 82.2 cm³/mol. The summed E-state index contributed by atoms with van der Waals surface area (Å²) in [6.07, 6.45) is 8.02. The minimum absolute atomic E-state index is 0.333. The monoisotopic (exact) mass is 277 g/mol. The average Bonchev–Trinajstić information content (AvgIpc) is 2.47.